The van der Waals surface area contributed by atoms with Crippen LogP contribution in [-0.2, 0) is 0 Å². The molecule has 2 heterocycles. The van der Waals surface area contributed by atoms with Crippen LogP contribution in [0.2, 0.25) is 0 Å². The second-order valence-electron chi connectivity index (χ2n) is 4.48. The van der Waals surface area contributed by atoms with E-state index in [-0.39, 0.29) is 6.03 Å². The smallest absolute Gasteiger partial charge is 0.323 e. The fraction of sp³-hybridized carbons (Fsp3) is 0.286. The molecule has 1 aromatic heterocycles. The lowest BCUT2D eigenvalue weighted by Gasteiger charge is -2.10. The summed E-state index contributed by atoms with van der Waals surface area (Å²) in [6.07, 6.45) is 4.12. The number of urea groups is 1. The predicted molar refractivity (Wildman–Crippen MR) is 75.4 cm³/mol. The lowest BCUT2D eigenvalue weighted by atomic mass is 10.3. The van der Waals surface area contributed by atoms with Crippen LogP contribution in [0.25, 0.3) is 5.69 Å². The molecule has 4 nitrogen and oxygen atoms in total. The molecule has 0 saturated carbocycles. The highest BCUT2D eigenvalue weighted by atomic mass is 32.1. The molecule has 0 atom stereocenters. The molecule has 2 aromatic rings. The van der Waals surface area contributed by atoms with Gasteiger partial charge in [-0.05, 0) is 25.0 Å². The number of likely N-dealkylation sites (tertiary alicyclic amines) is 1. The van der Waals surface area contributed by atoms with Crippen LogP contribution in [0, 0.1) is 0 Å². The number of nitrogens with zero attached hydrogens (tertiary/aromatic N) is 3. The van der Waals surface area contributed by atoms with Gasteiger partial charge in [-0.15, -0.1) is 11.3 Å². The average molecular weight is 273 g/mol. The van der Waals surface area contributed by atoms with Gasteiger partial charge >= 0.3 is 6.03 Å². The maximum absolute atomic E-state index is 12.0. The number of hydrogen-bond donors (Lipinski definition) is 0. The van der Waals surface area contributed by atoms with E-state index in [1.165, 1.54) is 11.3 Å². The van der Waals surface area contributed by atoms with Gasteiger partial charge in [-0.25, -0.2) is 4.79 Å². The van der Waals surface area contributed by atoms with Gasteiger partial charge in [0.2, 0.25) is 0 Å². The van der Waals surface area contributed by atoms with Gasteiger partial charge < -0.3 is 4.90 Å². The van der Waals surface area contributed by atoms with E-state index in [0.29, 0.717) is 0 Å². The number of benzene rings is 1. The van der Waals surface area contributed by atoms with Crippen LogP contribution in [0.3, 0.4) is 0 Å². The van der Waals surface area contributed by atoms with Crippen LogP contribution in [0.1, 0.15) is 12.8 Å². The number of para-hydroxylation sites is 1. The summed E-state index contributed by atoms with van der Waals surface area (Å²) >= 11 is 1.48. The number of hydrogen-bond acceptors (Lipinski definition) is 2. The van der Waals surface area contributed by atoms with Crippen molar-refractivity contribution in [2.45, 2.75) is 12.8 Å². The zero-order chi connectivity index (χ0) is 13.1. The lowest BCUT2D eigenvalue weighted by molar-refractivity contribution is 0.218. The first-order chi connectivity index (χ1) is 9.34. The Kier molecular flexibility index (Phi) is 3.46. The van der Waals surface area contributed by atoms with E-state index >= 15 is 0 Å². The van der Waals surface area contributed by atoms with Gasteiger partial charge in [0.15, 0.2) is 4.80 Å². The van der Waals surface area contributed by atoms with Gasteiger partial charge in [0.25, 0.3) is 0 Å². The van der Waals surface area contributed by atoms with Crippen LogP contribution in [0.5, 0.6) is 0 Å². The largest absolute Gasteiger partial charge is 0.346 e. The predicted octanol–water partition coefficient (Wildman–Crippen LogP) is 2.66. The summed E-state index contributed by atoms with van der Waals surface area (Å²) in [5.41, 5.74) is 1.02. The summed E-state index contributed by atoms with van der Waals surface area (Å²) in [4.78, 5) is 18.8. The lowest BCUT2D eigenvalue weighted by Crippen LogP contribution is -2.27. The standard InChI is InChI=1S/C14H15N3OS/c18-13(16-8-4-5-9-16)15-14-17(10-11-19-14)12-6-2-1-3-7-12/h1-3,6-7,10-11H,4-5,8-9H2/b15-14-. The molecule has 98 valence electrons. The first kappa shape index (κ1) is 12.2. The second kappa shape index (κ2) is 5.40. The monoisotopic (exact) mass is 273 g/mol. The molecule has 1 aliphatic rings. The SMILES string of the molecule is O=C(/N=c1\sccn1-c1ccccc1)N1CCCC1. The van der Waals surface area contributed by atoms with Crippen LogP contribution in [-0.4, -0.2) is 28.6 Å². The first-order valence-electron chi connectivity index (χ1n) is 6.40. The van der Waals surface area contributed by atoms with Crippen molar-refractivity contribution < 1.29 is 4.79 Å². The van der Waals surface area contributed by atoms with Crippen LogP contribution in [0.4, 0.5) is 4.79 Å². The quantitative estimate of drug-likeness (QED) is 0.787. The first-order valence-corrected chi connectivity index (χ1v) is 7.28. The van der Waals surface area contributed by atoms with Crippen molar-refractivity contribution in [3.05, 3.63) is 46.7 Å². The third kappa shape index (κ3) is 2.61. The molecule has 0 spiro atoms. The molecular formula is C14H15N3OS. The van der Waals surface area contributed by atoms with Crippen LogP contribution in [0.15, 0.2) is 46.9 Å². The molecule has 3 rings (SSSR count). The Balaban J connectivity index is 1.93. The highest BCUT2D eigenvalue weighted by molar-refractivity contribution is 7.07. The summed E-state index contributed by atoms with van der Waals surface area (Å²) in [7, 11) is 0. The van der Waals surface area contributed by atoms with Gasteiger partial charge in [0.05, 0.1) is 0 Å². The minimum atomic E-state index is -0.121. The van der Waals surface area contributed by atoms with Crippen LogP contribution >= 0.6 is 11.3 Å². The highest BCUT2D eigenvalue weighted by Crippen LogP contribution is 2.09. The molecule has 5 heteroatoms. The highest BCUT2D eigenvalue weighted by Gasteiger charge is 2.17. The van der Waals surface area contributed by atoms with Crippen molar-refractivity contribution in [1.82, 2.24) is 9.47 Å². The van der Waals surface area contributed by atoms with E-state index < -0.39 is 0 Å². The van der Waals surface area contributed by atoms with E-state index in [1.807, 2.05) is 51.4 Å². The molecule has 1 aliphatic heterocycles. The van der Waals surface area contributed by atoms with Gasteiger partial charge in [0, 0.05) is 30.4 Å². The van der Waals surface area contributed by atoms with Crippen molar-refractivity contribution in [3.8, 4) is 5.69 Å². The Morgan fingerprint density at radius 1 is 1.16 bits per heavy atom. The van der Waals surface area contributed by atoms with Crippen molar-refractivity contribution in [3.63, 3.8) is 0 Å². The van der Waals surface area contributed by atoms with Crippen molar-refractivity contribution >= 4 is 17.4 Å². The molecule has 0 aliphatic carbocycles. The Morgan fingerprint density at radius 2 is 1.89 bits per heavy atom. The normalized spacial score (nSPS) is 16.0. The number of carbonyl (C=O) groups excluding carboxylic acids is 1. The molecule has 1 saturated heterocycles. The summed E-state index contributed by atoms with van der Waals surface area (Å²) < 4.78 is 1.94. The molecule has 1 aromatic carbocycles. The van der Waals surface area contributed by atoms with Crippen molar-refractivity contribution in [1.29, 1.82) is 0 Å². The van der Waals surface area contributed by atoms with Crippen molar-refractivity contribution in [2.75, 3.05) is 13.1 Å². The Labute approximate surface area is 115 Å². The summed E-state index contributed by atoms with van der Waals surface area (Å²) in [6, 6.07) is 9.82. The summed E-state index contributed by atoms with van der Waals surface area (Å²) in [5, 5.41) is 1.95. The number of carbonyl (C=O) groups is 1. The number of thiazole rings is 1. The van der Waals surface area contributed by atoms with E-state index in [2.05, 4.69) is 4.99 Å². The molecule has 2 amide bonds. The Hall–Kier alpha value is -1.88. The van der Waals surface area contributed by atoms with E-state index in [1.54, 1.807) is 0 Å². The maximum Gasteiger partial charge on any atom is 0.346 e. The molecule has 0 bridgehead atoms. The molecule has 0 N–H and O–H groups in total. The summed E-state index contributed by atoms with van der Waals surface area (Å²) in [5.74, 6) is 0. The van der Waals surface area contributed by atoms with Gasteiger partial charge in [0.1, 0.15) is 0 Å². The average Bonchev–Trinajstić information content (AvgIpc) is 3.11. The van der Waals surface area contributed by atoms with Gasteiger partial charge in [-0.1, -0.05) is 18.2 Å². The Bertz CT molecular complexity index is 623. The van der Waals surface area contributed by atoms with E-state index in [9.17, 15) is 4.79 Å². The minimum absolute atomic E-state index is 0.121. The molecule has 0 radical (unpaired) electrons. The minimum Gasteiger partial charge on any atom is -0.323 e. The van der Waals surface area contributed by atoms with Gasteiger partial charge in [-0.3, -0.25) is 4.57 Å². The molecule has 19 heavy (non-hydrogen) atoms. The molecule has 1 fully saturated rings. The van der Waals surface area contributed by atoms with Crippen molar-refractivity contribution in [2.24, 2.45) is 4.99 Å². The summed E-state index contributed by atoms with van der Waals surface area (Å²) in [6.45, 7) is 1.66. The third-order valence-electron chi connectivity index (χ3n) is 3.19. The fourth-order valence-corrected chi connectivity index (χ4v) is 2.91. The fourth-order valence-electron chi connectivity index (χ4n) is 2.20. The topological polar surface area (TPSA) is 37.6 Å². The maximum atomic E-state index is 12.0. The van der Waals surface area contributed by atoms with Gasteiger partial charge in [-0.2, -0.15) is 4.99 Å². The van der Waals surface area contributed by atoms with Crippen LogP contribution < -0.4 is 4.80 Å². The zero-order valence-corrected chi connectivity index (χ0v) is 11.3. The molecule has 0 unspecified atom stereocenters. The molecular weight excluding hydrogens is 258 g/mol. The number of amides is 2. The van der Waals surface area contributed by atoms with E-state index in [0.717, 1.165) is 36.4 Å². The van der Waals surface area contributed by atoms with E-state index in [4.69, 9.17) is 0 Å². The third-order valence-corrected chi connectivity index (χ3v) is 3.95. The Morgan fingerprint density at radius 3 is 2.63 bits per heavy atom. The number of rotatable bonds is 1. The second-order valence-corrected chi connectivity index (χ2v) is 5.35. The number of aromatic nitrogens is 1. The zero-order valence-electron chi connectivity index (χ0n) is 10.5.